The van der Waals surface area contributed by atoms with E-state index in [9.17, 15) is 9.59 Å². The lowest BCUT2D eigenvalue weighted by molar-refractivity contribution is -0.128. The first-order chi connectivity index (χ1) is 5.04. The number of thioether (sulfide) groups is 1. The second-order valence-corrected chi connectivity index (χ2v) is 4.55. The average Bonchev–Trinajstić information content (AvgIpc) is 2.07. The summed E-state index contributed by atoms with van der Waals surface area (Å²) in [6.45, 7) is 5.63. The van der Waals surface area contributed by atoms with Gasteiger partial charge in [-0.1, -0.05) is 25.6 Å². The molecule has 0 aromatic carbocycles. The summed E-state index contributed by atoms with van der Waals surface area (Å²) in [6, 6.07) is 0. The van der Waals surface area contributed by atoms with Gasteiger partial charge in [0.15, 0.2) is 10.9 Å². The molecule has 2 nitrogen and oxygen atoms in total. The van der Waals surface area contributed by atoms with Crippen LogP contribution in [-0.2, 0) is 9.59 Å². The van der Waals surface area contributed by atoms with Gasteiger partial charge in [0, 0.05) is 0 Å². The molecule has 2 atom stereocenters. The van der Waals surface area contributed by atoms with E-state index < -0.39 is 0 Å². The Hall–Kier alpha value is -0.310. The monoisotopic (exact) mass is 172 g/mol. The topological polar surface area (TPSA) is 34.1 Å². The first kappa shape index (κ1) is 8.78. The van der Waals surface area contributed by atoms with Gasteiger partial charge < -0.3 is 0 Å². The standard InChI is InChI=1S/C8H12O2S/c1-4(2)6-7(9)5(3)11-8(6)10/h4-6H,1-3H3. The van der Waals surface area contributed by atoms with Crippen LogP contribution >= 0.6 is 11.8 Å². The van der Waals surface area contributed by atoms with Gasteiger partial charge in [-0.05, 0) is 12.8 Å². The third-order valence-corrected chi connectivity index (χ3v) is 2.99. The van der Waals surface area contributed by atoms with Crippen LogP contribution in [0.2, 0.25) is 0 Å². The summed E-state index contributed by atoms with van der Waals surface area (Å²) in [4.78, 5) is 22.5. The highest BCUT2D eigenvalue weighted by atomic mass is 32.2. The predicted octanol–water partition coefficient (Wildman–Crippen LogP) is 1.49. The van der Waals surface area contributed by atoms with Crippen LogP contribution in [0.1, 0.15) is 20.8 Å². The van der Waals surface area contributed by atoms with Gasteiger partial charge in [-0.3, -0.25) is 9.59 Å². The van der Waals surface area contributed by atoms with Crippen molar-refractivity contribution in [3.8, 4) is 0 Å². The van der Waals surface area contributed by atoms with E-state index >= 15 is 0 Å². The molecule has 1 rings (SSSR count). The summed E-state index contributed by atoms with van der Waals surface area (Å²) in [5, 5.41) is -0.0626. The molecule has 11 heavy (non-hydrogen) atoms. The molecule has 0 radical (unpaired) electrons. The molecule has 0 bridgehead atoms. The van der Waals surface area contributed by atoms with Crippen molar-refractivity contribution in [1.82, 2.24) is 0 Å². The average molecular weight is 172 g/mol. The Labute approximate surface area is 70.7 Å². The molecule has 1 saturated heterocycles. The van der Waals surface area contributed by atoms with Crippen LogP contribution in [0.25, 0.3) is 0 Å². The number of hydrogen-bond acceptors (Lipinski definition) is 3. The van der Waals surface area contributed by atoms with Gasteiger partial charge in [0.05, 0.1) is 11.2 Å². The Balaban J connectivity index is 2.80. The highest BCUT2D eigenvalue weighted by Gasteiger charge is 2.40. The number of hydrogen-bond donors (Lipinski definition) is 0. The molecule has 0 aromatic rings. The third-order valence-electron chi connectivity index (χ3n) is 1.92. The van der Waals surface area contributed by atoms with Crippen molar-refractivity contribution in [2.75, 3.05) is 0 Å². The highest BCUT2D eigenvalue weighted by molar-refractivity contribution is 8.15. The molecular formula is C8H12O2S. The largest absolute Gasteiger partial charge is 0.298 e. The molecule has 1 heterocycles. The summed E-state index contributed by atoms with van der Waals surface area (Å²) in [5.74, 6) is -0.0718. The summed E-state index contributed by atoms with van der Waals surface area (Å²) >= 11 is 1.18. The predicted molar refractivity (Wildman–Crippen MR) is 45.4 cm³/mol. The molecule has 0 amide bonds. The number of carbonyl (C=O) groups excluding carboxylic acids is 2. The molecule has 0 aromatic heterocycles. The number of carbonyl (C=O) groups is 2. The van der Waals surface area contributed by atoms with E-state index in [0.717, 1.165) is 0 Å². The van der Waals surface area contributed by atoms with E-state index in [2.05, 4.69) is 0 Å². The fourth-order valence-corrected chi connectivity index (χ4v) is 2.42. The fraction of sp³-hybridized carbons (Fsp3) is 0.750. The van der Waals surface area contributed by atoms with Crippen molar-refractivity contribution in [2.24, 2.45) is 11.8 Å². The van der Waals surface area contributed by atoms with Crippen LogP contribution in [0.3, 0.4) is 0 Å². The van der Waals surface area contributed by atoms with Crippen molar-refractivity contribution in [1.29, 1.82) is 0 Å². The summed E-state index contributed by atoms with van der Waals surface area (Å²) in [7, 11) is 0. The maximum atomic E-state index is 11.3. The van der Waals surface area contributed by atoms with Crippen LogP contribution in [0.5, 0.6) is 0 Å². The van der Waals surface area contributed by atoms with E-state index in [1.54, 1.807) is 6.92 Å². The zero-order chi connectivity index (χ0) is 8.59. The van der Waals surface area contributed by atoms with Crippen LogP contribution in [0, 0.1) is 11.8 Å². The fourth-order valence-electron chi connectivity index (χ4n) is 1.28. The van der Waals surface area contributed by atoms with Crippen LogP contribution < -0.4 is 0 Å². The normalized spacial score (nSPS) is 32.0. The Kier molecular flexibility index (Phi) is 2.37. The zero-order valence-corrected chi connectivity index (χ0v) is 7.77. The lowest BCUT2D eigenvalue weighted by Crippen LogP contribution is -2.23. The summed E-state index contributed by atoms with van der Waals surface area (Å²) in [5.41, 5.74) is 0. The molecule has 0 aliphatic carbocycles. The van der Waals surface area contributed by atoms with Crippen molar-refractivity contribution >= 4 is 22.7 Å². The smallest absolute Gasteiger partial charge is 0.200 e. The number of Topliss-reactive ketones (excluding diaryl/α,β-unsaturated/α-hetero) is 1. The first-order valence-electron chi connectivity index (χ1n) is 3.78. The van der Waals surface area contributed by atoms with Crippen molar-refractivity contribution < 1.29 is 9.59 Å². The lowest BCUT2D eigenvalue weighted by Gasteiger charge is -2.08. The Morgan fingerprint density at radius 3 is 2.09 bits per heavy atom. The van der Waals surface area contributed by atoms with Gasteiger partial charge in [-0.25, -0.2) is 0 Å². The van der Waals surface area contributed by atoms with E-state index in [1.807, 2.05) is 13.8 Å². The maximum Gasteiger partial charge on any atom is 0.200 e. The van der Waals surface area contributed by atoms with E-state index in [1.165, 1.54) is 11.8 Å². The van der Waals surface area contributed by atoms with E-state index in [4.69, 9.17) is 0 Å². The lowest BCUT2D eigenvalue weighted by atomic mass is 9.92. The molecule has 0 saturated carbocycles. The minimum Gasteiger partial charge on any atom is -0.298 e. The minimum atomic E-state index is -0.338. The number of ketones is 1. The van der Waals surface area contributed by atoms with Gasteiger partial charge in [0.2, 0.25) is 0 Å². The highest BCUT2D eigenvalue weighted by Crippen LogP contribution is 2.33. The second kappa shape index (κ2) is 2.97. The van der Waals surface area contributed by atoms with Crippen molar-refractivity contribution in [3.63, 3.8) is 0 Å². The third kappa shape index (κ3) is 1.48. The molecule has 1 aliphatic heterocycles. The van der Waals surface area contributed by atoms with Gasteiger partial charge in [-0.15, -0.1) is 0 Å². The van der Waals surface area contributed by atoms with Gasteiger partial charge in [-0.2, -0.15) is 0 Å². The molecule has 1 aliphatic rings. The van der Waals surface area contributed by atoms with Gasteiger partial charge in [0.25, 0.3) is 0 Å². The molecule has 3 heteroatoms. The van der Waals surface area contributed by atoms with E-state index in [-0.39, 0.29) is 28.0 Å². The second-order valence-electron chi connectivity index (χ2n) is 3.20. The van der Waals surface area contributed by atoms with Crippen LogP contribution in [0.15, 0.2) is 0 Å². The zero-order valence-electron chi connectivity index (χ0n) is 6.96. The first-order valence-corrected chi connectivity index (χ1v) is 4.66. The molecule has 0 N–H and O–H groups in total. The SMILES string of the molecule is CC1SC(=O)C(C(C)C)C1=O. The molecular weight excluding hydrogens is 160 g/mol. The molecule has 2 unspecified atom stereocenters. The Morgan fingerprint density at radius 1 is 1.36 bits per heavy atom. The summed E-state index contributed by atoms with van der Waals surface area (Å²) < 4.78 is 0. The Morgan fingerprint density at radius 2 is 1.91 bits per heavy atom. The van der Waals surface area contributed by atoms with E-state index in [0.29, 0.717) is 0 Å². The van der Waals surface area contributed by atoms with Gasteiger partial charge in [0.1, 0.15) is 0 Å². The van der Waals surface area contributed by atoms with Crippen LogP contribution in [-0.4, -0.2) is 16.1 Å². The maximum absolute atomic E-state index is 11.3. The summed E-state index contributed by atoms with van der Waals surface area (Å²) in [6.07, 6.45) is 0. The quantitative estimate of drug-likeness (QED) is 0.562. The van der Waals surface area contributed by atoms with Crippen molar-refractivity contribution in [3.05, 3.63) is 0 Å². The Bertz CT molecular complexity index is 198. The minimum absolute atomic E-state index is 0.0532. The number of rotatable bonds is 1. The van der Waals surface area contributed by atoms with Crippen molar-refractivity contribution in [2.45, 2.75) is 26.0 Å². The van der Waals surface area contributed by atoms with Crippen LogP contribution in [0.4, 0.5) is 0 Å². The molecule has 0 spiro atoms. The van der Waals surface area contributed by atoms with Gasteiger partial charge >= 0.3 is 0 Å². The molecule has 62 valence electrons. The molecule has 1 fully saturated rings.